The Kier molecular flexibility index (Phi) is 14.2. The van der Waals surface area contributed by atoms with Crippen LogP contribution in [0.25, 0.3) is 0 Å². The summed E-state index contributed by atoms with van der Waals surface area (Å²) in [6, 6.07) is 0. The maximum absolute atomic E-state index is 2.31. The normalized spacial score (nSPS) is 11.1. The maximum Gasteiger partial charge on any atom is 1.00 e. The zero-order valence-corrected chi connectivity index (χ0v) is 14.2. The zero-order chi connectivity index (χ0) is 10.2. The fourth-order valence-electron chi connectivity index (χ4n) is 2.57. The first kappa shape index (κ1) is 18.0. The van der Waals surface area contributed by atoms with Gasteiger partial charge in [0.1, 0.15) is 0 Å². The minimum absolute atomic E-state index is 0. The molecule has 0 aromatic rings. The second-order valence-corrected chi connectivity index (χ2v) is 4.24. The van der Waals surface area contributed by atoms with Gasteiger partial charge >= 0.3 is 51.4 Å². The minimum atomic E-state index is 0. The van der Waals surface area contributed by atoms with Crippen LogP contribution in [0.4, 0.5) is 0 Å². The Hall–Kier alpha value is 1.60. The molecule has 0 spiro atoms. The molecule has 0 atom stereocenters. The predicted molar refractivity (Wildman–Crippen MR) is 62.0 cm³/mol. The average Bonchev–Trinajstić information content (AvgIpc) is 2.06. The summed E-state index contributed by atoms with van der Waals surface area (Å²) in [5, 5.41) is 0. The van der Waals surface area contributed by atoms with Crippen LogP contribution in [-0.4, -0.2) is 30.7 Å². The minimum Gasteiger partial charge on any atom is -1.00 e. The summed E-state index contributed by atoms with van der Waals surface area (Å²) in [6.45, 7) is 14.8. The average molecular weight is 226 g/mol. The second kappa shape index (κ2) is 11.1. The summed E-state index contributed by atoms with van der Waals surface area (Å²) in [5.41, 5.74) is 0. The van der Waals surface area contributed by atoms with Crippen molar-refractivity contribution in [3.05, 3.63) is 0 Å². The molecule has 82 valence electrons. The number of rotatable bonds is 8. The Morgan fingerprint density at radius 1 is 0.643 bits per heavy atom. The molecule has 0 aromatic carbocycles. The molecule has 0 heterocycles. The molecule has 0 saturated carbocycles. The largest absolute Gasteiger partial charge is 1.00 e. The topological polar surface area (TPSA) is 0 Å². The van der Waals surface area contributed by atoms with Crippen LogP contribution in [0.5, 0.6) is 0 Å². The molecule has 0 radical (unpaired) electrons. The Labute approximate surface area is 135 Å². The molecule has 0 aliphatic rings. The Bertz CT molecular complexity index is 90.7. The van der Waals surface area contributed by atoms with E-state index in [1.54, 1.807) is 0 Å². The third-order valence-corrected chi connectivity index (χ3v) is 2.79. The summed E-state index contributed by atoms with van der Waals surface area (Å²) < 4.78 is 1.38. The standard InChI is InChI=1S/C12H28N.K.H/c1-5-9-13(10-6-2,11-7-3)12-8-4;;/h5-12H2,1-4H3;;/q2*+1;-1. The predicted octanol–water partition coefficient (Wildman–Crippen LogP) is 0.560. The third kappa shape index (κ3) is 6.97. The Morgan fingerprint density at radius 2 is 0.857 bits per heavy atom. The second-order valence-electron chi connectivity index (χ2n) is 4.24. The molecular formula is C12H29KN+. The molecular weight excluding hydrogens is 197 g/mol. The first-order valence-electron chi connectivity index (χ1n) is 6.09. The molecule has 14 heavy (non-hydrogen) atoms. The van der Waals surface area contributed by atoms with E-state index in [1.165, 1.54) is 56.3 Å². The van der Waals surface area contributed by atoms with Crippen molar-refractivity contribution in [1.82, 2.24) is 0 Å². The molecule has 2 heteroatoms. The van der Waals surface area contributed by atoms with Gasteiger partial charge in [-0.15, -0.1) is 0 Å². The molecule has 0 saturated heterocycles. The maximum atomic E-state index is 2.31. The van der Waals surface area contributed by atoms with E-state index in [4.69, 9.17) is 0 Å². The van der Waals surface area contributed by atoms with Crippen LogP contribution in [0, 0.1) is 0 Å². The van der Waals surface area contributed by atoms with E-state index in [0.717, 1.165) is 0 Å². The van der Waals surface area contributed by atoms with Gasteiger partial charge < -0.3 is 5.91 Å². The van der Waals surface area contributed by atoms with Crippen LogP contribution in [0.2, 0.25) is 0 Å². The van der Waals surface area contributed by atoms with E-state index in [2.05, 4.69) is 27.7 Å². The quantitative estimate of drug-likeness (QED) is 0.419. The fourth-order valence-corrected chi connectivity index (χ4v) is 2.57. The number of hydrogen-bond donors (Lipinski definition) is 0. The summed E-state index contributed by atoms with van der Waals surface area (Å²) in [7, 11) is 0. The number of nitrogens with zero attached hydrogens (tertiary/aromatic N) is 1. The molecule has 0 aliphatic carbocycles. The van der Waals surface area contributed by atoms with E-state index < -0.39 is 0 Å². The van der Waals surface area contributed by atoms with E-state index in [-0.39, 0.29) is 52.8 Å². The van der Waals surface area contributed by atoms with Gasteiger partial charge in [0.05, 0.1) is 26.2 Å². The summed E-state index contributed by atoms with van der Waals surface area (Å²) in [4.78, 5) is 0. The van der Waals surface area contributed by atoms with Crippen LogP contribution in [-0.2, 0) is 0 Å². The summed E-state index contributed by atoms with van der Waals surface area (Å²) in [5.74, 6) is 0. The van der Waals surface area contributed by atoms with Crippen LogP contribution >= 0.6 is 0 Å². The number of quaternary nitrogens is 1. The molecule has 0 amide bonds. The molecule has 0 fully saturated rings. The van der Waals surface area contributed by atoms with Crippen LogP contribution < -0.4 is 51.4 Å². The van der Waals surface area contributed by atoms with Gasteiger partial charge in [-0.3, -0.25) is 0 Å². The van der Waals surface area contributed by atoms with Gasteiger partial charge in [-0.05, 0) is 25.7 Å². The monoisotopic (exact) mass is 226 g/mol. The van der Waals surface area contributed by atoms with Gasteiger partial charge in [0, 0.05) is 0 Å². The molecule has 0 aromatic heterocycles. The first-order valence-corrected chi connectivity index (χ1v) is 6.09. The van der Waals surface area contributed by atoms with E-state index >= 15 is 0 Å². The fraction of sp³-hybridized carbons (Fsp3) is 1.00. The van der Waals surface area contributed by atoms with Crippen molar-refractivity contribution in [3.8, 4) is 0 Å². The molecule has 1 nitrogen and oxygen atoms in total. The smallest absolute Gasteiger partial charge is 1.00 e. The third-order valence-electron chi connectivity index (χ3n) is 2.79. The van der Waals surface area contributed by atoms with Crippen molar-refractivity contribution in [2.24, 2.45) is 0 Å². The van der Waals surface area contributed by atoms with Crippen molar-refractivity contribution < 1.29 is 57.3 Å². The summed E-state index contributed by atoms with van der Waals surface area (Å²) in [6.07, 6.45) is 5.33. The Balaban J connectivity index is -0.000000720. The molecule has 0 N–H and O–H groups in total. The van der Waals surface area contributed by atoms with Gasteiger partial charge in [0.25, 0.3) is 0 Å². The SMILES string of the molecule is CCC[N+](CCC)(CCC)CCC.[H-].[K+]. The van der Waals surface area contributed by atoms with Crippen LogP contribution in [0.3, 0.4) is 0 Å². The van der Waals surface area contributed by atoms with Crippen molar-refractivity contribution in [2.75, 3.05) is 26.2 Å². The first-order chi connectivity index (χ1) is 6.24. The molecule has 0 aliphatic heterocycles. The van der Waals surface area contributed by atoms with Gasteiger partial charge in [0.15, 0.2) is 0 Å². The van der Waals surface area contributed by atoms with Crippen LogP contribution in [0.1, 0.15) is 54.8 Å². The molecule has 0 bridgehead atoms. The number of hydrogen-bond acceptors (Lipinski definition) is 0. The van der Waals surface area contributed by atoms with Crippen molar-refractivity contribution in [2.45, 2.75) is 53.4 Å². The van der Waals surface area contributed by atoms with Gasteiger partial charge in [-0.2, -0.15) is 0 Å². The van der Waals surface area contributed by atoms with E-state index in [9.17, 15) is 0 Å². The Morgan fingerprint density at radius 3 is 1.00 bits per heavy atom. The summed E-state index contributed by atoms with van der Waals surface area (Å²) >= 11 is 0. The van der Waals surface area contributed by atoms with Crippen molar-refractivity contribution in [3.63, 3.8) is 0 Å². The molecule has 0 unspecified atom stereocenters. The van der Waals surface area contributed by atoms with E-state index in [1.807, 2.05) is 0 Å². The van der Waals surface area contributed by atoms with Gasteiger partial charge in [0.2, 0.25) is 0 Å². The van der Waals surface area contributed by atoms with E-state index in [0.29, 0.717) is 0 Å². The van der Waals surface area contributed by atoms with Gasteiger partial charge in [-0.1, -0.05) is 27.7 Å². The van der Waals surface area contributed by atoms with Crippen LogP contribution in [0.15, 0.2) is 0 Å². The van der Waals surface area contributed by atoms with Crippen molar-refractivity contribution in [1.29, 1.82) is 0 Å². The van der Waals surface area contributed by atoms with Gasteiger partial charge in [-0.25, -0.2) is 0 Å². The zero-order valence-electron chi connectivity index (χ0n) is 12.1. The van der Waals surface area contributed by atoms with Crippen molar-refractivity contribution >= 4 is 0 Å². The molecule has 0 rings (SSSR count).